The summed E-state index contributed by atoms with van der Waals surface area (Å²) < 4.78 is 37.5. The lowest BCUT2D eigenvalue weighted by molar-refractivity contribution is 0.359. The van der Waals surface area contributed by atoms with Gasteiger partial charge in [-0.25, -0.2) is 12.8 Å². The molecular weight excluding hydrogens is 265 g/mol. The van der Waals surface area contributed by atoms with Crippen molar-refractivity contribution in [2.75, 3.05) is 11.8 Å². The maximum Gasteiger partial charge on any atom is 0.228 e. The first-order valence-electron chi connectivity index (χ1n) is 5.23. The average Bonchev–Trinajstić information content (AvgIpc) is 2.30. The maximum absolute atomic E-state index is 12.8. The van der Waals surface area contributed by atoms with Crippen LogP contribution in [-0.2, 0) is 10.0 Å². The summed E-state index contributed by atoms with van der Waals surface area (Å²) in [4.78, 5) is 0. The van der Waals surface area contributed by atoms with Gasteiger partial charge in [0.15, 0.2) is 0 Å². The summed E-state index contributed by atoms with van der Waals surface area (Å²) in [5, 5.41) is -0.452. The van der Waals surface area contributed by atoms with Crippen LogP contribution in [0, 0.1) is 5.82 Å². The fourth-order valence-corrected chi connectivity index (χ4v) is 3.18. The van der Waals surface area contributed by atoms with E-state index in [9.17, 15) is 12.8 Å². The maximum atomic E-state index is 12.8. The zero-order valence-corrected chi connectivity index (χ0v) is 11.3. The molecule has 0 bridgehead atoms. The van der Waals surface area contributed by atoms with Gasteiger partial charge in [-0.2, -0.15) is 4.31 Å². The number of benzene rings is 1. The Labute approximate surface area is 106 Å². The van der Waals surface area contributed by atoms with Gasteiger partial charge in [0.05, 0.1) is 0 Å². The second-order valence-corrected chi connectivity index (χ2v) is 6.16. The van der Waals surface area contributed by atoms with Crippen LogP contribution in [0.25, 0.3) is 0 Å². The minimum atomic E-state index is -3.46. The third-order valence-electron chi connectivity index (χ3n) is 2.59. The lowest BCUT2D eigenvalue weighted by atomic mass is 10.1. The summed E-state index contributed by atoms with van der Waals surface area (Å²) in [6, 6.07) is 5.42. The number of hydrogen-bond donors (Lipinski definition) is 0. The molecule has 0 aromatic heterocycles. The zero-order chi connectivity index (χ0) is 13.1. The van der Waals surface area contributed by atoms with Crippen LogP contribution < -0.4 is 0 Å². The van der Waals surface area contributed by atoms with Crippen molar-refractivity contribution in [3.8, 4) is 0 Å². The van der Waals surface area contributed by atoms with E-state index in [2.05, 4.69) is 0 Å². The minimum Gasteiger partial charge on any atom is -0.211 e. The van der Waals surface area contributed by atoms with Crippen molar-refractivity contribution in [3.05, 3.63) is 35.6 Å². The van der Waals surface area contributed by atoms with Crippen molar-refractivity contribution in [2.24, 2.45) is 0 Å². The van der Waals surface area contributed by atoms with Gasteiger partial charge in [-0.05, 0) is 24.6 Å². The van der Waals surface area contributed by atoms with E-state index >= 15 is 0 Å². The number of nitrogens with zero attached hydrogens (tertiary/aromatic N) is 1. The second kappa shape index (κ2) is 5.80. The molecule has 1 atom stereocenters. The van der Waals surface area contributed by atoms with Crippen LogP contribution in [0.1, 0.15) is 25.5 Å². The molecule has 0 spiro atoms. The van der Waals surface area contributed by atoms with E-state index in [4.69, 9.17) is 11.6 Å². The van der Waals surface area contributed by atoms with E-state index in [1.54, 1.807) is 26.0 Å². The Balaban J connectivity index is 3.02. The van der Waals surface area contributed by atoms with Crippen molar-refractivity contribution in [3.63, 3.8) is 0 Å². The first kappa shape index (κ1) is 14.4. The van der Waals surface area contributed by atoms with Crippen LogP contribution in [0.4, 0.5) is 4.39 Å². The third-order valence-corrected chi connectivity index (χ3v) is 4.98. The summed E-state index contributed by atoms with van der Waals surface area (Å²) in [5.74, 6) is -0.343. The average molecular weight is 280 g/mol. The molecule has 1 rings (SSSR count). The predicted molar refractivity (Wildman–Crippen MR) is 66.8 cm³/mol. The van der Waals surface area contributed by atoms with Crippen LogP contribution in [0.3, 0.4) is 0 Å². The third kappa shape index (κ3) is 3.40. The van der Waals surface area contributed by atoms with Crippen LogP contribution >= 0.6 is 11.6 Å². The second-order valence-electron chi connectivity index (χ2n) is 3.65. The first-order chi connectivity index (χ1) is 7.92. The fourth-order valence-electron chi connectivity index (χ4n) is 1.68. The molecule has 0 saturated carbocycles. The Bertz CT molecular complexity index is 461. The molecular formula is C11H15ClFNO2S. The minimum absolute atomic E-state index is 0.327. The van der Waals surface area contributed by atoms with Gasteiger partial charge in [-0.15, -0.1) is 11.6 Å². The molecule has 3 nitrogen and oxygen atoms in total. The SMILES string of the molecule is CCN(C(C)c1ccc(F)cc1)S(=O)(=O)CCl. The molecule has 0 aliphatic heterocycles. The molecule has 0 fully saturated rings. The van der Waals surface area contributed by atoms with E-state index in [-0.39, 0.29) is 11.9 Å². The molecule has 0 amide bonds. The predicted octanol–water partition coefficient (Wildman–Crippen LogP) is 2.73. The summed E-state index contributed by atoms with van der Waals surface area (Å²) in [7, 11) is -3.46. The van der Waals surface area contributed by atoms with E-state index in [0.717, 1.165) is 5.56 Å². The van der Waals surface area contributed by atoms with Crippen molar-refractivity contribution in [1.82, 2.24) is 4.31 Å². The molecule has 96 valence electrons. The van der Waals surface area contributed by atoms with E-state index in [1.165, 1.54) is 16.4 Å². The van der Waals surface area contributed by atoms with Gasteiger partial charge in [0.25, 0.3) is 0 Å². The van der Waals surface area contributed by atoms with Gasteiger partial charge < -0.3 is 0 Å². The van der Waals surface area contributed by atoms with E-state index in [1.807, 2.05) is 0 Å². The fraction of sp³-hybridized carbons (Fsp3) is 0.455. The number of sulfonamides is 1. The number of rotatable bonds is 5. The van der Waals surface area contributed by atoms with Crippen LogP contribution in [0.5, 0.6) is 0 Å². The molecule has 1 aromatic rings. The van der Waals surface area contributed by atoms with Crippen LogP contribution in [-0.4, -0.2) is 24.5 Å². The molecule has 1 unspecified atom stereocenters. The largest absolute Gasteiger partial charge is 0.228 e. The van der Waals surface area contributed by atoms with Gasteiger partial charge in [0.2, 0.25) is 10.0 Å². The van der Waals surface area contributed by atoms with Crippen LogP contribution in [0.15, 0.2) is 24.3 Å². The van der Waals surface area contributed by atoms with Gasteiger partial charge >= 0.3 is 0 Å². The van der Waals surface area contributed by atoms with Crippen molar-refractivity contribution in [2.45, 2.75) is 19.9 Å². The Morgan fingerprint density at radius 3 is 2.29 bits per heavy atom. The lowest BCUT2D eigenvalue weighted by Crippen LogP contribution is -2.34. The van der Waals surface area contributed by atoms with Crippen molar-refractivity contribution in [1.29, 1.82) is 0 Å². The molecule has 17 heavy (non-hydrogen) atoms. The normalized spacial score (nSPS) is 13.9. The van der Waals surface area contributed by atoms with Gasteiger partial charge in [-0.1, -0.05) is 19.1 Å². The summed E-state index contributed by atoms with van der Waals surface area (Å²) in [5.41, 5.74) is 0.738. The lowest BCUT2D eigenvalue weighted by Gasteiger charge is -2.26. The molecule has 0 radical (unpaired) electrons. The van der Waals surface area contributed by atoms with E-state index in [0.29, 0.717) is 6.54 Å². The highest BCUT2D eigenvalue weighted by Gasteiger charge is 2.25. The molecule has 6 heteroatoms. The van der Waals surface area contributed by atoms with Gasteiger partial charge in [0, 0.05) is 12.6 Å². The number of halogens is 2. The Kier molecular flexibility index (Phi) is 4.91. The molecule has 0 aliphatic carbocycles. The molecule has 0 N–H and O–H groups in total. The number of hydrogen-bond acceptors (Lipinski definition) is 2. The van der Waals surface area contributed by atoms with Gasteiger partial charge in [0.1, 0.15) is 11.0 Å². The summed E-state index contributed by atoms with van der Waals surface area (Å²) >= 11 is 5.43. The van der Waals surface area contributed by atoms with E-state index < -0.39 is 15.2 Å². The quantitative estimate of drug-likeness (QED) is 0.777. The molecule has 0 saturated heterocycles. The monoisotopic (exact) mass is 279 g/mol. The Hall–Kier alpha value is -0.650. The zero-order valence-electron chi connectivity index (χ0n) is 9.73. The molecule has 1 aromatic carbocycles. The first-order valence-corrected chi connectivity index (χ1v) is 7.37. The number of alkyl halides is 1. The smallest absolute Gasteiger partial charge is 0.211 e. The van der Waals surface area contributed by atoms with Crippen molar-refractivity contribution >= 4 is 21.6 Å². The molecule has 0 aliphatic rings. The Morgan fingerprint density at radius 1 is 1.35 bits per heavy atom. The Morgan fingerprint density at radius 2 is 1.88 bits per heavy atom. The van der Waals surface area contributed by atoms with Crippen LogP contribution in [0.2, 0.25) is 0 Å². The summed E-state index contributed by atoms with van der Waals surface area (Å²) in [6.45, 7) is 3.82. The highest BCUT2D eigenvalue weighted by atomic mass is 35.5. The standard InChI is InChI=1S/C11H15ClFNO2S/c1-3-14(17(15,16)8-12)9(2)10-4-6-11(13)7-5-10/h4-7,9H,3,8H2,1-2H3. The highest BCUT2D eigenvalue weighted by Crippen LogP contribution is 2.23. The topological polar surface area (TPSA) is 37.4 Å². The van der Waals surface area contributed by atoms with Gasteiger partial charge in [-0.3, -0.25) is 0 Å². The highest BCUT2D eigenvalue weighted by molar-refractivity contribution is 7.90. The molecule has 0 heterocycles. The van der Waals surface area contributed by atoms with Crippen molar-refractivity contribution < 1.29 is 12.8 Å². The summed E-state index contributed by atoms with van der Waals surface area (Å²) in [6.07, 6.45) is 0.